The zero-order chi connectivity index (χ0) is 20.8. The predicted octanol–water partition coefficient (Wildman–Crippen LogP) is 2.67. The minimum absolute atomic E-state index is 0.0878. The number of aliphatic imine (C=N–C) groups is 1. The molecule has 2 aromatic carbocycles. The van der Waals surface area contributed by atoms with Gasteiger partial charge in [0, 0.05) is 5.56 Å². The Bertz CT molecular complexity index is 1110. The third-order valence-electron chi connectivity index (χ3n) is 4.18. The molecule has 146 valence electrons. The number of rotatable bonds is 6. The molecule has 0 amide bonds. The van der Waals surface area contributed by atoms with Crippen LogP contribution in [0, 0.1) is 6.92 Å². The first-order chi connectivity index (χ1) is 14.0. The third kappa shape index (κ3) is 4.81. The van der Waals surface area contributed by atoms with Gasteiger partial charge in [-0.05, 0) is 30.7 Å². The number of nitrogens with two attached hydrogens (primary N) is 2. The normalized spacial score (nSPS) is 11.7. The summed E-state index contributed by atoms with van der Waals surface area (Å²) in [5.74, 6) is 4.61. The second-order valence-corrected chi connectivity index (χ2v) is 6.31. The van der Waals surface area contributed by atoms with E-state index >= 15 is 0 Å². The fourth-order valence-corrected chi connectivity index (χ4v) is 2.81. The molecule has 0 atom stereocenters. The molecule has 3 rings (SSSR count). The highest BCUT2D eigenvalue weighted by molar-refractivity contribution is 6.37. The fourth-order valence-electron chi connectivity index (χ4n) is 2.81. The Morgan fingerprint density at radius 1 is 1.14 bits per heavy atom. The van der Waals surface area contributed by atoms with Crippen molar-refractivity contribution in [3.05, 3.63) is 77.0 Å². The van der Waals surface area contributed by atoms with Crippen LogP contribution in [0.5, 0.6) is 0 Å². The van der Waals surface area contributed by atoms with Crippen molar-refractivity contribution in [1.82, 2.24) is 9.97 Å². The summed E-state index contributed by atoms with van der Waals surface area (Å²) in [4.78, 5) is 24.1. The second kappa shape index (κ2) is 8.75. The minimum Gasteiger partial charge on any atom is -0.478 e. The summed E-state index contributed by atoms with van der Waals surface area (Å²) >= 11 is 0. The van der Waals surface area contributed by atoms with Crippen molar-refractivity contribution >= 4 is 23.8 Å². The molecular formula is C21H20N6O2. The van der Waals surface area contributed by atoms with Crippen LogP contribution in [0.25, 0.3) is 11.3 Å². The van der Waals surface area contributed by atoms with Gasteiger partial charge in [-0.1, -0.05) is 42.0 Å². The topological polar surface area (TPSA) is 140 Å². The Balaban J connectivity index is 1.87. The second-order valence-electron chi connectivity index (χ2n) is 6.31. The third-order valence-corrected chi connectivity index (χ3v) is 4.18. The molecule has 0 aliphatic heterocycles. The van der Waals surface area contributed by atoms with Crippen molar-refractivity contribution in [2.45, 2.75) is 13.5 Å². The van der Waals surface area contributed by atoms with Gasteiger partial charge in [-0.3, -0.25) is 4.99 Å². The molecule has 0 spiro atoms. The Morgan fingerprint density at radius 3 is 2.66 bits per heavy atom. The Kier molecular flexibility index (Phi) is 5.94. The number of hydrogen-bond acceptors (Lipinski definition) is 7. The van der Waals surface area contributed by atoms with E-state index in [1.807, 2.05) is 31.2 Å². The summed E-state index contributed by atoms with van der Waals surface area (Å²) in [5, 5.41) is 13.0. The highest BCUT2D eigenvalue weighted by Crippen LogP contribution is 2.20. The van der Waals surface area contributed by atoms with Crippen molar-refractivity contribution in [2.75, 3.05) is 5.73 Å². The molecule has 0 fully saturated rings. The standard InChI is InChI=1S/C21H20N6O2/c1-13-5-4-7-14(9-13)17-10-18(26-21(22)25-17)19(27-23)12-24-11-15-6-2-3-8-16(15)20(28)29/h2-10,12H,11,23H2,1H3,(H,28,29)(H2,22,25,26). The SMILES string of the molecule is Cc1cccc(-c2cc(C(C=NCc3ccccc3C(=O)O)=NN)nc(N)n2)c1. The number of aromatic carboxylic acids is 1. The Hall–Kier alpha value is -4.07. The van der Waals surface area contributed by atoms with Gasteiger partial charge in [0.25, 0.3) is 0 Å². The summed E-state index contributed by atoms with van der Waals surface area (Å²) in [6.07, 6.45) is 1.44. The largest absolute Gasteiger partial charge is 0.478 e. The van der Waals surface area contributed by atoms with Crippen LogP contribution >= 0.6 is 0 Å². The molecule has 8 nitrogen and oxygen atoms in total. The lowest BCUT2D eigenvalue weighted by atomic mass is 10.1. The number of aromatic nitrogens is 2. The molecular weight excluding hydrogens is 368 g/mol. The molecule has 1 aromatic heterocycles. The summed E-state index contributed by atoms with van der Waals surface area (Å²) in [6.45, 7) is 2.15. The van der Waals surface area contributed by atoms with Crippen LogP contribution in [-0.4, -0.2) is 33.0 Å². The molecule has 0 bridgehead atoms. The molecule has 0 aliphatic carbocycles. The average molecular weight is 388 g/mol. The number of hydrogen-bond donors (Lipinski definition) is 3. The Labute approximate surface area is 167 Å². The molecule has 0 radical (unpaired) electrons. The fraction of sp³-hybridized carbons (Fsp3) is 0.0952. The first kappa shape index (κ1) is 19.7. The molecule has 8 heteroatoms. The van der Waals surface area contributed by atoms with Gasteiger partial charge in [-0.15, -0.1) is 0 Å². The number of anilines is 1. The molecule has 0 saturated carbocycles. The smallest absolute Gasteiger partial charge is 0.336 e. The molecule has 0 aliphatic rings. The van der Waals surface area contributed by atoms with E-state index in [1.165, 1.54) is 12.3 Å². The highest BCUT2D eigenvalue weighted by atomic mass is 16.4. The van der Waals surface area contributed by atoms with Crippen molar-refractivity contribution in [2.24, 2.45) is 15.9 Å². The summed E-state index contributed by atoms with van der Waals surface area (Å²) < 4.78 is 0. The van der Waals surface area contributed by atoms with Crippen LogP contribution in [0.1, 0.15) is 27.2 Å². The quantitative estimate of drug-likeness (QED) is 0.337. The summed E-state index contributed by atoms with van der Waals surface area (Å²) in [5.41, 5.74) is 10.0. The lowest BCUT2D eigenvalue weighted by Gasteiger charge is -2.07. The van der Waals surface area contributed by atoms with Gasteiger partial charge in [0.05, 0.1) is 29.7 Å². The highest BCUT2D eigenvalue weighted by Gasteiger charge is 2.11. The van der Waals surface area contributed by atoms with E-state index in [1.54, 1.807) is 24.3 Å². The minimum atomic E-state index is -1.00. The van der Waals surface area contributed by atoms with E-state index in [0.717, 1.165) is 11.1 Å². The average Bonchev–Trinajstić information content (AvgIpc) is 2.71. The van der Waals surface area contributed by atoms with E-state index in [9.17, 15) is 9.90 Å². The van der Waals surface area contributed by atoms with Crippen molar-refractivity contribution in [3.63, 3.8) is 0 Å². The van der Waals surface area contributed by atoms with Crippen LogP contribution in [0.2, 0.25) is 0 Å². The van der Waals surface area contributed by atoms with Crippen molar-refractivity contribution in [1.29, 1.82) is 0 Å². The van der Waals surface area contributed by atoms with E-state index in [2.05, 4.69) is 20.1 Å². The number of carboxylic acid groups (broad SMARTS) is 1. The first-order valence-corrected chi connectivity index (χ1v) is 8.79. The summed E-state index contributed by atoms with van der Waals surface area (Å²) in [6, 6.07) is 16.2. The first-order valence-electron chi connectivity index (χ1n) is 8.79. The molecule has 0 unspecified atom stereocenters. The zero-order valence-electron chi connectivity index (χ0n) is 15.8. The summed E-state index contributed by atoms with van der Waals surface area (Å²) in [7, 11) is 0. The van der Waals surface area contributed by atoms with E-state index in [-0.39, 0.29) is 18.1 Å². The van der Waals surface area contributed by atoms with Crippen LogP contribution < -0.4 is 11.6 Å². The van der Waals surface area contributed by atoms with Crippen LogP contribution in [0.15, 0.2) is 64.7 Å². The molecule has 5 N–H and O–H groups in total. The number of carboxylic acids is 1. The maximum Gasteiger partial charge on any atom is 0.336 e. The van der Waals surface area contributed by atoms with Crippen LogP contribution in [-0.2, 0) is 6.54 Å². The molecule has 0 saturated heterocycles. The maximum atomic E-state index is 11.3. The van der Waals surface area contributed by atoms with Crippen molar-refractivity contribution in [3.8, 4) is 11.3 Å². The van der Waals surface area contributed by atoms with E-state index in [0.29, 0.717) is 22.7 Å². The number of nitrogens with zero attached hydrogens (tertiary/aromatic N) is 4. The van der Waals surface area contributed by atoms with Gasteiger partial charge >= 0.3 is 5.97 Å². The monoisotopic (exact) mass is 388 g/mol. The van der Waals surface area contributed by atoms with E-state index < -0.39 is 5.97 Å². The zero-order valence-corrected chi connectivity index (χ0v) is 15.8. The Morgan fingerprint density at radius 2 is 1.93 bits per heavy atom. The van der Waals surface area contributed by atoms with Gasteiger partial charge in [-0.25, -0.2) is 14.8 Å². The van der Waals surface area contributed by atoms with Gasteiger partial charge in [0.15, 0.2) is 0 Å². The van der Waals surface area contributed by atoms with Crippen molar-refractivity contribution < 1.29 is 9.90 Å². The number of hydrazone groups is 1. The lowest BCUT2D eigenvalue weighted by Crippen LogP contribution is -2.12. The van der Waals surface area contributed by atoms with Gasteiger partial charge in [-0.2, -0.15) is 5.10 Å². The number of benzene rings is 2. The molecule has 29 heavy (non-hydrogen) atoms. The number of carbonyl (C=O) groups is 1. The lowest BCUT2D eigenvalue weighted by molar-refractivity contribution is 0.0695. The predicted molar refractivity (Wildman–Crippen MR) is 113 cm³/mol. The molecule has 1 heterocycles. The number of nitrogen functional groups attached to an aromatic ring is 1. The van der Waals surface area contributed by atoms with Gasteiger partial charge in [0.2, 0.25) is 5.95 Å². The van der Waals surface area contributed by atoms with Crippen LogP contribution in [0.3, 0.4) is 0 Å². The van der Waals surface area contributed by atoms with Gasteiger partial charge in [0.1, 0.15) is 5.71 Å². The van der Waals surface area contributed by atoms with Gasteiger partial charge < -0.3 is 16.7 Å². The van der Waals surface area contributed by atoms with E-state index in [4.69, 9.17) is 11.6 Å². The van der Waals surface area contributed by atoms with Crippen LogP contribution in [0.4, 0.5) is 5.95 Å². The maximum absolute atomic E-state index is 11.3. The molecule has 3 aromatic rings. The number of aryl methyl sites for hydroxylation is 1.